The molecule has 0 aliphatic heterocycles. The van der Waals surface area contributed by atoms with Gasteiger partial charge in [-0.15, -0.1) is 5.10 Å². The first-order valence-corrected chi connectivity index (χ1v) is 6.50. The van der Waals surface area contributed by atoms with Crippen LogP contribution in [0.5, 0.6) is 5.88 Å². The van der Waals surface area contributed by atoms with Gasteiger partial charge in [0.25, 0.3) is 5.56 Å². The van der Waals surface area contributed by atoms with Crippen molar-refractivity contribution in [3.05, 3.63) is 34.6 Å². The van der Waals surface area contributed by atoms with Crippen molar-refractivity contribution in [1.29, 1.82) is 0 Å². The molecule has 2 rings (SSSR count). The van der Waals surface area contributed by atoms with Gasteiger partial charge in [0.05, 0.1) is 23.5 Å². The lowest BCUT2D eigenvalue weighted by Gasteiger charge is -2.09. The maximum atomic E-state index is 11.6. The monoisotopic (exact) mass is 262 g/mol. The molecule has 0 fully saturated rings. The van der Waals surface area contributed by atoms with E-state index in [-0.39, 0.29) is 11.7 Å². The molecule has 1 unspecified atom stereocenters. The number of rotatable bonds is 6. The number of hydrogen-bond acceptors (Lipinski definition) is 4. The smallest absolute Gasteiger partial charge is 0.272 e. The normalized spacial score (nSPS) is 12.5. The molecule has 0 saturated carbocycles. The average Bonchev–Trinajstić information content (AvgIpc) is 2.45. The predicted octanol–water partition coefficient (Wildman–Crippen LogP) is 1.85. The Morgan fingerprint density at radius 2 is 2.11 bits per heavy atom. The zero-order valence-electron chi connectivity index (χ0n) is 10.9. The molecule has 0 bridgehead atoms. The van der Waals surface area contributed by atoms with Gasteiger partial charge in [0.15, 0.2) is 0 Å². The summed E-state index contributed by atoms with van der Waals surface area (Å²) < 4.78 is 5.58. The Balaban J connectivity index is 2.05. The molecule has 5 nitrogen and oxygen atoms in total. The summed E-state index contributed by atoms with van der Waals surface area (Å²) in [4.78, 5) is 11.6. The molecule has 1 aromatic carbocycles. The number of benzene rings is 1. The fourth-order valence-corrected chi connectivity index (χ4v) is 1.89. The number of ether oxygens (including phenoxy) is 1. The largest absolute Gasteiger partial charge is 0.476 e. The van der Waals surface area contributed by atoms with E-state index in [4.69, 9.17) is 4.74 Å². The van der Waals surface area contributed by atoms with Crippen LogP contribution in [0.3, 0.4) is 0 Å². The molecule has 0 aliphatic rings. The molecule has 1 aromatic heterocycles. The van der Waals surface area contributed by atoms with Crippen LogP contribution in [-0.2, 0) is 0 Å². The zero-order chi connectivity index (χ0) is 13.7. The van der Waals surface area contributed by atoms with Gasteiger partial charge >= 0.3 is 0 Å². The Morgan fingerprint density at radius 3 is 2.84 bits per heavy atom. The summed E-state index contributed by atoms with van der Waals surface area (Å²) >= 11 is 0. The number of aliphatic hydroxyl groups excluding tert-OH is 1. The van der Waals surface area contributed by atoms with Crippen molar-refractivity contribution in [1.82, 2.24) is 10.2 Å². The third kappa shape index (κ3) is 3.32. The van der Waals surface area contributed by atoms with Gasteiger partial charge in [0.1, 0.15) is 0 Å². The molecular weight excluding hydrogens is 244 g/mol. The number of aromatic amines is 1. The van der Waals surface area contributed by atoms with E-state index in [1.54, 1.807) is 12.1 Å². The lowest BCUT2D eigenvalue weighted by Crippen LogP contribution is -2.12. The molecule has 19 heavy (non-hydrogen) atoms. The van der Waals surface area contributed by atoms with Crippen molar-refractivity contribution in [2.45, 2.75) is 32.3 Å². The molecule has 0 aliphatic carbocycles. The minimum atomic E-state index is -0.274. The lowest BCUT2D eigenvalue weighted by molar-refractivity contribution is 0.148. The topological polar surface area (TPSA) is 75.2 Å². The van der Waals surface area contributed by atoms with Crippen LogP contribution in [0.25, 0.3) is 10.8 Å². The SMILES string of the molecule is CCC(O)CCCOc1n[nH]c(=O)c2ccccc12. The summed E-state index contributed by atoms with van der Waals surface area (Å²) in [6.45, 7) is 2.42. The molecule has 0 saturated heterocycles. The molecule has 0 amide bonds. The molecule has 2 N–H and O–H groups in total. The highest BCUT2D eigenvalue weighted by Gasteiger charge is 2.07. The fourth-order valence-electron chi connectivity index (χ4n) is 1.89. The maximum Gasteiger partial charge on any atom is 0.272 e. The number of hydrogen-bond donors (Lipinski definition) is 2. The van der Waals surface area contributed by atoms with Crippen LogP contribution < -0.4 is 10.3 Å². The number of H-pyrrole nitrogens is 1. The van der Waals surface area contributed by atoms with Crippen molar-refractivity contribution in [2.24, 2.45) is 0 Å². The van der Waals surface area contributed by atoms with Gasteiger partial charge in [-0.05, 0) is 31.4 Å². The zero-order valence-corrected chi connectivity index (χ0v) is 10.9. The van der Waals surface area contributed by atoms with Crippen LogP contribution in [0.4, 0.5) is 0 Å². The third-order valence-corrected chi connectivity index (χ3v) is 3.05. The number of nitrogens with zero attached hydrogens (tertiary/aromatic N) is 1. The van der Waals surface area contributed by atoms with Crippen molar-refractivity contribution in [3.8, 4) is 5.88 Å². The van der Waals surface area contributed by atoms with Gasteiger partial charge in [-0.2, -0.15) is 0 Å². The highest BCUT2D eigenvalue weighted by Crippen LogP contribution is 2.19. The maximum absolute atomic E-state index is 11.6. The van der Waals surface area contributed by atoms with Crippen LogP contribution in [0.2, 0.25) is 0 Å². The van der Waals surface area contributed by atoms with Crippen molar-refractivity contribution in [3.63, 3.8) is 0 Å². The molecular formula is C14H18N2O3. The second-order valence-electron chi connectivity index (χ2n) is 4.46. The minimum absolute atomic E-state index is 0.218. The fraction of sp³-hybridized carbons (Fsp3) is 0.429. The van der Waals surface area contributed by atoms with E-state index in [1.807, 2.05) is 19.1 Å². The predicted molar refractivity (Wildman–Crippen MR) is 73.4 cm³/mol. The number of fused-ring (bicyclic) bond motifs is 1. The van der Waals surface area contributed by atoms with Crippen molar-refractivity contribution >= 4 is 10.8 Å². The van der Waals surface area contributed by atoms with E-state index in [2.05, 4.69) is 10.2 Å². The van der Waals surface area contributed by atoms with E-state index >= 15 is 0 Å². The second kappa shape index (κ2) is 6.33. The van der Waals surface area contributed by atoms with Gasteiger partial charge in [0, 0.05) is 0 Å². The van der Waals surface area contributed by atoms with Crippen LogP contribution in [0.15, 0.2) is 29.1 Å². The quantitative estimate of drug-likeness (QED) is 0.779. The van der Waals surface area contributed by atoms with Gasteiger partial charge in [-0.1, -0.05) is 19.1 Å². The highest BCUT2D eigenvalue weighted by atomic mass is 16.5. The molecule has 102 valence electrons. The number of aliphatic hydroxyl groups is 1. The Labute approximate surface area is 111 Å². The van der Waals surface area contributed by atoms with E-state index in [0.717, 1.165) is 12.8 Å². The summed E-state index contributed by atoms with van der Waals surface area (Å²) in [6, 6.07) is 7.20. The standard InChI is InChI=1S/C14H18N2O3/c1-2-10(17)6-5-9-19-14-12-8-4-3-7-11(12)13(18)15-16-14/h3-4,7-8,10,17H,2,5-6,9H2,1H3,(H,15,18). The Bertz CT molecular complexity index is 595. The minimum Gasteiger partial charge on any atom is -0.476 e. The van der Waals surface area contributed by atoms with E-state index in [9.17, 15) is 9.90 Å². The molecule has 1 heterocycles. The van der Waals surface area contributed by atoms with Crippen LogP contribution >= 0.6 is 0 Å². The van der Waals surface area contributed by atoms with E-state index in [0.29, 0.717) is 29.7 Å². The van der Waals surface area contributed by atoms with Gasteiger partial charge in [-0.25, -0.2) is 5.10 Å². The first kappa shape index (κ1) is 13.5. The van der Waals surface area contributed by atoms with Gasteiger partial charge < -0.3 is 9.84 Å². The number of aromatic nitrogens is 2. The summed E-state index contributed by atoms with van der Waals surface area (Å²) in [6.07, 6.45) is 1.94. The van der Waals surface area contributed by atoms with Crippen LogP contribution in [-0.4, -0.2) is 28.0 Å². The molecule has 5 heteroatoms. The Hall–Kier alpha value is -1.88. The van der Waals surface area contributed by atoms with Gasteiger partial charge in [0.2, 0.25) is 5.88 Å². The van der Waals surface area contributed by atoms with Crippen LogP contribution in [0.1, 0.15) is 26.2 Å². The molecule has 0 radical (unpaired) electrons. The Morgan fingerprint density at radius 1 is 1.37 bits per heavy atom. The van der Waals surface area contributed by atoms with E-state index < -0.39 is 0 Å². The summed E-state index contributed by atoms with van der Waals surface area (Å²) in [5.41, 5.74) is -0.218. The van der Waals surface area contributed by atoms with E-state index in [1.165, 1.54) is 0 Å². The lowest BCUT2D eigenvalue weighted by atomic mass is 10.1. The van der Waals surface area contributed by atoms with Gasteiger partial charge in [-0.3, -0.25) is 4.79 Å². The average molecular weight is 262 g/mol. The summed E-state index contributed by atoms with van der Waals surface area (Å²) in [5.74, 6) is 0.432. The van der Waals surface area contributed by atoms with Crippen LogP contribution in [0, 0.1) is 0 Å². The highest BCUT2D eigenvalue weighted by molar-refractivity contribution is 5.85. The van der Waals surface area contributed by atoms with Crippen molar-refractivity contribution < 1.29 is 9.84 Å². The second-order valence-corrected chi connectivity index (χ2v) is 4.46. The summed E-state index contributed by atoms with van der Waals surface area (Å²) in [7, 11) is 0. The first-order chi connectivity index (χ1) is 9.22. The number of nitrogens with one attached hydrogen (secondary N) is 1. The third-order valence-electron chi connectivity index (χ3n) is 3.05. The van der Waals surface area contributed by atoms with Crippen molar-refractivity contribution in [2.75, 3.05) is 6.61 Å². The first-order valence-electron chi connectivity index (χ1n) is 6.50. The molecule has 2 aromatic rings. The Kier molecular flexibility index (Phi) is 4.52. The summed E-state index contributed by atoms with van der Waals surface area (Å²) in [5, 5.41) is 17.1. The molecule has 1 atom stereocenters. The molecule has 0 spiro atoms.